The van der Waals surface area contributed by atoms with Crippen molar-refractivity contribution in [3.8, 4) is 0 Å². The molecule has 2 aliphatic heterocycles. The van der Waals surface area contributed by atoms with E-state index in [9.17, 15) is 9.90 Å². The first-order valence-electron chi connectivity index (χ1n) is 8.87. The number of hydrogen-bond donors (Lipinski definition) is 1. The molecule has 3 rings (SSSR count). The van der Waals surface area contributed by atoms with E-state index in [0.29, 0.717) is 18.4 Å². The second-order valence-electron chi connectivity index (χ2n) is 7.24. The molecule has 0 bridgehead atoms. The van der Waals surface area contributed by atoms with Crippen LogP contribution in [0.4, 0.5) is 0 Å². The van der Waals surface area contributed by atoms with Crippen molar-refractivity contribution < 1.29 is 9.90 Å². The van der Waals surface area contributed by atoms with E-state index in [2.05, 4.69) is 24.0 Å². The molecule has 2 saturated heterocycles. The number of aliphatic hydroxyl groups is 1. The summed E-state index contributed by atoms with van der Waals surface area (Å²) < 4.78 is 0. The van der Waals surface area contributed by atoms with Crippen LogP contribution in [-0.2, 0) is 6.54 Å². The van der Waals surface area contributed by atoms with Gasteiger partial charge < -0.3 is 10.0 Å². The third kappa shape index (κ3) is 4.12. The minimum atomic E-state index is 0.171. The predicted octanol–water partition coefficient (Wildman–Crippen LogP) is 2.37. The van der Waals surface area contributed by atoms with Crippen LogP contribution in [0.25, 0.3) is 0 Å². The zero-order valence-electron chi connectivity index (χ0n) is 14.1. The number of rotatable bonds is 4. The maximum atomic E-state index is 12.5. The first-order chi connectivity index (χ1) is 11.2. The Morgan fingerprint density at radius 3 is 2.39 bits per heavy atom. The molecule has 0 radical (unpaired) electrons. The highest BCUT2D eigenvalue weighted by molar-refractivity contribution is 5.94. The highest BCUT2D eigenvalue weighted by atomic mass is 16.3. The highest BCUT2D eigenvalue weighted by Crippen LogP contribution is 2.20. The van der Waals surface area contributed by atoms with Crippen LogP contribution in [0.5, 0.6) is 0 Å². The van der Waals surface area contributed by atoms with Crippen LogP contribution >= 0.6 is 0 Å². The van der Waals surface area contributed by atoms with Crippen LogP contribution in [0.15, 0.2) is 24.3 Å². The third-order valence-electron chi connectivity index (χ3n) is 5.28. The molecule has 1 unspecified atom stereocenters. The molecule has 0 aliphatic carbocycles. The van der Waals surface area contributed by atoms with E-state index in [4.69, 9.17) is 0 Å². The Labute approximate surface area is 139 Å². The van der Waals surface area contributed by atoms with E-state index in [1.54, 1.807) is 0 Å². The van der Waals surface area contributed by atoms with Crippen molar-refractivity contribution in [1.82, 2.24) is 9.80 Å². The zero-order chi connectivity index (χ0) is 16.2. The molecule has 0 aromatic heterocycles. The summed E-state index contributed by atoms with van der Waals surface area (Å²) in [6, 6.07) is 8.12. The normalized spacial score (nSPS) is 23.4. The number of hydrogen-bond acceptors (Lipinski definition) is 3. The molecule has 0 saturated carbocycles. The van der Waals surface area contributed by atoms with Gasteiger partial charge in [0, 0.05) is 31.8 Å². The van der Waals surface area contributed by atoms with Crippen molar-refractivity contribution in [3.63, 3.8) is 0 Å². The lowest BCUT2D eigenvalue weighted by Gasteiger charge is -2.31. The van der Waals surface area contributed by atoms with Gasteiger partial charge in [-0.05, 0) is 61.9 Å². The molecular weight excluding hydrogens is 288 g/mol. The quantitative estimate of drug-likeness (QED) is 0.927. The van der Waals surface area contributed by atoms with E-state index in [0.717, 1.165) is 57.5 Å². The number of benzene rings is 1. The van der Waals surface area contributed by atoms with E-state index >= 15 is 0 Å². The molecular formula is C19H28N2O2. The number of nitrogens with zero attached hydrogens (tertiary/aromatic N) is 2. The van der Waals surface area contributed by atoms with Crippen molar-refractivity contribution in [2.45, 2.75) is 32.7 Å². The van der Waals surface area contributed by atoms with Gasteiger partial charge in [-0.15, -0.1) is 0 Å². The molecule has 23 heavy (non-hydrogen) atoms. The summed E-state index contributed by atoms with van der Waals surface area (Å²) in [5.41, 5.74) is 2.07. The maximum absolute atomic E-state index is 12.5. The summed E-state index contributed by atoms with van der Waals surface area (Å²) in [7, 11) is 0. The van der Waals surface area contributed by atoms with Crippen LogP contribution in [0.3, 0.4) is 0 Å². The SMILES string of the molecule is CC1CCN(C(=O)c2ccc(CN3CCC(CO)CC3)cc2)C1. The molecule has 1 N–H and O–H groups in total. The summed E-state index contributed by atoms with van der Waals surface area (Å²) in [6.07, 6.45) is 3.29. The van der Waals surface area contributed by atoms with Gasteiger partial charge in [0.1, 0.15) is 0 Å². The molecule has 1 amide bonds. The fourth-order valence-corrected chi connectivity index (χ4v) is 3.64. The number of aliphatic hydroxyl groups excluding tert-OH is 1. The summed E-state index contributed by atoms with van der Waals surface area (Å²) in [5.74, 6) is 1.28. The summed E-state index contributed by atoms with van der Waals surface area (Å²) in [6.45, 7) is 7.35. The average Bonchev–Trinajstić information content (AvgIpc) is 3.02. The van der Waals surface area contributed by atoms with Crippen LogP contribution < -0.4 is 0 Å². The van der Waals surface area contributed by atoms with Crippen molar-refractivity contribution >= 4 is 5.91 Å². The van der Waals surface area contributed by atoms with E-state index in [1.807, 2.05) is 17.0 Å². The van der Waals surface area contributed by atoms with Crippen LogP contribution in [0.1, 0.15) is 42.1 Å². The molecule has 2 fully saturated rings. The lowest BCUT2D eigenvalue weighted by atomic mass is 9.97. The van der Waals surface area contributed by atoms with Crippen molar-refractivity contribution in [2.24, 2.45) is 11.8 Å². The van der Waals surface area contributed by atoms with E-state index in [1.165, 1.54) is 5.56 Å². The van der Waals surface area contributed by atoms with Crippen molar-refractivity contribution in [2.75, 3.05) is 32.8 Å². The third-order valence-corrected chi connectivity index (χ3v) is 5.28. The average molecular weight is 316 g/mol. The first kappa shape index (κ1) is 16.5. The minimum Gasteiger partial charge on any atom is -0.396 e. The zero-order valence-corrected chi connectivity index (χ0v) is 14.1. The predicted molar refractivity (Wildman–Crippen MR) is 91.2 cm³/mol. The van der Waals surface area contributed by atoms with Gasteiger partial charge in [0.2, 0.25) is 0 Å². The number of likely N-dealkylation sites (tertiary alicyclic amines) is 2. The molecule has 2 aliphatic rings. The van der Waals surface area contributed by atoms with E-state index < -0.39 is 0 Å². The van der Waals surface area contributed by atoms with Gasteiger partial charge in [0.25, 0.3) is 5.91 Å². The summed E-state index contributed by atoms with van der Waals surface area (Å²) in [5, 5.41) is 9.20. The maximum Gasteiger partial charge on any atom is 0.253 e. The Balaban J connectivity index is 1.54. The number of carbonyl (C=O) groups is 1. The smallest absolute Gasteiger partial charge is 0.253 e. The molecule has 1 aromatic rings. The molecule has 0 spiro atoms. The second kappa shape index (κ2) is 7.45. The van der Waals surface area contributed by atoms with Gasteiger partial charge in [-0.1, -0.05) is 19.1 Å². The van der Waals surface area contributed by atoms with Gasteiger partial charge in [-0.3, -0.25) is 9.69 Å². The fraction of sp³-hybridized carbons (Fsp3) is 0.632. The molecule has 1 aromatic carbocycles. The van der Waals surface area contributed by atoms with Gasteiger partial charge in [-0.25, -0.2) is 0 Å². The molecule has 4 nitrogen and oxygen atoms in total. The lowest BCUT2D eigenvalue weighted by Crippen LogP contribution is -2.34. The number of amides is 1. The van der Waals surface area contributed by atoms with Crippen LogP contribution in [0, 0.1) is 11.8 Å². The second-order valence-corrected chi connectivity index (χ2v) is 7.24. The highest BCUT2D eigenvalue weighted by Gasteiger charge is 2.24. The van der Waals surface area contributed by atoms with Gasteiger partial charge in [0.05, 0.1) is 0 Å². The lowest BCUT2D eigenvalue weighted by molar-refractivity contribution is 0.0788. The fourth-order valence-electron chi connectivity index (χ4n) is 3.64. The Morgan fingerprint density at radius 2 is 1.83 bits per heavy atom. The van der Waals surface area contributed by atoms with E-state index in [-0.39, 0.29) is 5.91 Å². The summed E-state index contributed by atoms with van der Waals surface area (Å²) in [4.78, 5) is 16.9. The van der Waals surface area contributed by atoms with Crippen LogP contribution in [-0.4, -0.2) is 53.6 Å². The van der Waals surface area contributed by atoms with Gasteiger partial charge in [-0.2, -0.15) is 0 Å². The Bertz CT molecular complexity index is 521. The standard InChI is InChI=1S/C19H28N2O2/c1-15-6-11-21(12-15)19(23)18-4-2-16(3-5-18)13-20-9-7-17(14-22)8-10-20/h2-5,15,17,22H,6-14H2,1H3. The Morgan fingerprint density at radius 1 is 1.13 bits per heavy atom. The van der Waals surface area contributed by atoms with Crippen molar-refractivity contribution in [3.05, 3.63) is 35.4 Å². The topological polar surface area (TPSA) is 43.8 Å². The monoisotopic (exact) mass is 316 g/mol. The molecule has 126 valence electrons. The minimum absolute atomic E-state index is 0.171. The van der Waals surface area contributed by atoms with Gasteiger partial charge in [0.15, 0.2) is 0 Å². The largest absolute Gasteiger partial charge is 0.396 e. The molecule has 1 atom stereocenters. The Hall–Kier alpha value is -1.39. The first-order valence-corrected chi connectivity index (χ1v) is 8.87. The van der Waals surface area contributed by atoms with Gasteiger partial charge >= 0.3 is 0 Å². The van der Waals surface area contributed by atoms with Crippen LogP contribution in [0.2, 0.25) is 0 Å². The molecule has 2 heterocycles. The Kier molecular flexibility index (Phi) is 5.34. The number of piperidine rings is 1. The molecule has 4 heteroatoms. The number of carbonyl (C=O) groups excluding carboxylic acids is 1. The van der Waals surface area contributed by atoms with Crippen molar-refractivity contribution in [1.29, 1.82) is 0 Å². The summed E-state index contributed by atoms with van der Waals surface area (Å²) >= 11 is 0.